The van der Waals surface area contributed by atoms with Crippen molar-refractivity contribution in [1.29, 1.82) is 0 Å². The molecule has 120 valence electrons. The molecule has 0 aromatic rings. The fourth-order valence-corrected chi connectivity index (χ4v) is 2.15. The molecule has 4 nitrogen and oxygen atoms in total. The van der Waals surface area contributed by atoms with Gasteiger partial charge in [-0.15, -0.1) is 0 Å². The molecule has 0 saturated heterocycles. The SMILES string of the molecule is CCCCCCCCCCCC(=O)NCCCC(=O)O.[KH]. The first kappa shape index (κ1) is 23.8. The number of hydrogen-bond donors (Lipinski definition) is 2. The standard InChI is InChI=1S/C16H31NO3.K.H/c1-2-3-4-5-6-7-8-9-10-12-15(18)17-14-11-13-16(19)20;;/h2-14H2,1H3,(H,17,18)(H,19,20);;. The van der Waals surface area contributed by atoms with Gasteiger partial charge in [-0.2, -0.15) is 0 Å². The molecule has 0 saturated carbocycles. The molecule has 0 spiro atoms. The molecule has 5 heteroatoms. The molecule has 1 amide bonds. The van der Waals surface area contributed by atoms with E-state index in [1.165, 1.54) is 44.9 Å². The van der Waals surface area contributed by atoms with Crippen LogP contribution in [-0.2, 0) is 9.59 Å². The van der Waals surface area contributed by atoms with Gasteiger partial charge in [0.15, 0.2) is 0 Å². The van der Waals surface area contributed by atoms with Crippen LogP contribution < -0.4 is 5.32 Å². The van der Waals surface area contributed by atoms with Crippen molar-refractivity contribution in [2.75, 3.05) is 6.54 Å². The van der Waals surface area contributed by atoms with Gasteiger partial charge < -0.3 is 10.4 Å². The van der Waals surface area contributed by atoms with E-state index in [1.54, 1.807) is 0 Å². The van der Waals surface area contributed by atoms with E-state index >= 15 is 0 Å². The summed E-state index contributed by atoms with van der Waals surface area (Å²) in [5, 5.41) is 11.2. The van der Waals surface area contributed by atoms with E-state index in [1.807, 2.05) is 0 Å². The summed E-state index contributed by atoms with van der Waals surface area (Å²) < 4.78 is 0. The average molecular weight is 326 g/mol. The van der Waals surface area contributed by atoms with Crippen LogP contribution in [0.25, 0.3) is 0 Å². The molecule has 21 heavy (non-hydrogen) atoms. The first-order chi connectivity index (χ1) is 9.66. The zero-order chi connectivity index (χ0) is 15.1. The quantitative estimate of drug-likeness (QED) is 0.380. The minimum atomic E-state index is -0.807. The van der Waals surface area contributed by atoms with Gasteiger partial charge in [0.25, 0.3) is 0 Å². The van der Waals surface area contributed by atoms with Gasteiger partial charge in [0.2, 0.25) is 5.91 Å². The van der Waals surface area contributed by atoms with Crippen molar-refractivity contribution in [3.63, 3.8) is 0 Å². The summed E-state index contributed by atoms with van der Waals surface area (Å²) in [5.41, 5.74) is 0. The van der Waals surface area contributed by atoms with Gasteiger partial charge in [-0.3, -0.25) is 9.59 Å². The Morgan fingerprint density at radius 1 is 0.810 bits per heavy atom. The van der Waals surface area contributed by atoms with Crippen LogP contribution in [0.3, 0.4) is 0 Å². The number of carbonyl (C=O) groups is 2. The van der Waals surface area contributed by atoms with E-state index in [9.17, 15) is 9.59 Å². The number of aliphatic carboxylic acids is 1. The zero-order valence-electron chi connectivity index (χ0n) is 13.0. The van der Waals surface area contributed by atoms with E-state index in [-0.39, 0.29) is 63.7 Å². The topological polar surface area (TPSA) is 66.4 Å². The van der Waals surface area contributed by atoms with Crippen molar-refractivity contribution >= 4 is 63.3 Å². The Kier molecular flexibility index (Phi) is 21.1. The summed E-state index contributed by atoms with van der Waals surface area (Å²) >= 11 is 0. The number of unbranched alkanes of at least 4 members (excludes halogenated alkanes) is 8. The zero-order valence-corrected chi connectivity index (χ0v) is 13.0. The maximum absolute atomic E-state index is 11.4. The normalized spacial score (nSPS) is 9.95. The Labute approximate surface area is 172 Å². The number of nitrogens with one attached hydrogen (secondary N) is 1. The molecular weight excluding hydrogens is 293 g/mol. The predicted molar refractivity (Wildman–Crippen MR) is 88.9 cm³/mol. The second kappa shape index (κ2) is 18.6. The first-order valence-corrected chi connectivity index (χ1v) is 8.15. The Balaban J connectivity index is 0. The number of hydrogen-bond acceptors (Lipinski definition) is 2. The average Bonchev–Trinajstić information content (AvgIpc) is 2.41. The predicted octanol–water partition coefficient (Wildman–Crippen LogP) is 3.24. The van der Waals surface area contributed by atoms with Crippen LogP contribution in [0, 0.1) is 0 Å². The molecule has 0 aliphatic carbocycles. The van der Waals surface area contributed by atoms with E-state index in [4.69, 9.17) is 5.11 Å². The van der Waals surface area contributed by atoms with Gasteiger partial charge in [-0.25, -0.2) is 0 Å². The third-order valence-corrected chi connectivity index (χ3v) is 3.40. The monoisotopic (exact) mass is 325 g/mol. The Morgan fingerprint density at radius 3 is 1.86 bits per heavy atom. The molecule has 0 aromatic heterocycles. The van der Waals surface area contributed by atoms with E-state index in [2.05, 4.69) is 12.2 Å². The van der Waals surface area contributed by atoms with Crippen LogP contribution in [0.2, 0.25) is 0 Å². The number of carboxylic acid groups (broad SMARTS) is 1. The molecule has 0 aromatic carbocycles. The molecule has 2 N–H and O–H groups in total. The molecule has 0 heterocycles. The molecule has 0 bridgehead atoms. The summed E-state index contributed by atoms with van der Waals surface area (Å²) in [7, 11) is 0. The van der Waals surface area contributed by atoms with E-state index < -0.39 is 5.97 Å². The van der Waals surface area contributed by atoms with Gasteiger partial charge in [0, 0.05) is 19.4 Å². The fraction of sp³-hybridized carbons (Fsp3) is 0.875. The third-order valence-electron chi connectivity index (χ3n) is 3.40. The Morgan fingerprint density at radius 2 is 1.33 bits per heavy atom. The molecule has 0 radical (unpaired) electrons. The summed E-state index contributed by atoms with van der Waals surface area (Å²) in [6, 6.07) is 0. The van der Waals surface area contributed by atoms with Crippen molar-refractivity contribution in [3.8, 4) is 0 Å². The van der Waals surface area contributed by atoms with Crippen LogP contribution in [0.4, 0.5) is 0 Å². The first-order valence-electron chi connectivity index (χ1n) is 8.15. The van der Waals surface area contributed by atoms with Crippen LogP contribution >= 0.6 is 0 Å². The van der Waals surface area contributed by atoms with Gasteiger partial charge in [0.05, 0.1) is 0 Å². The summed E-state index contributed by atoms with van der Waals surface area (Å²) in [4.78, 5) is 21.7. The van der Waals surface area contributed by atoms with Crippen molar-refractivity contribution < 1.29 is 14.7 Å². The number of amides is 1. The van der Waals surface area contributed by atoms with Gasteiger partial charge in [-0.05, 0) is 12.8 Å². The number of carboxylic acids is 1. The third kappa shape index (κ3) is 20.6. The van der Waals surface area contributed by atoms with Crippen LogP contribution in [0.15, 0.2) is 0 Å². The fourth-order valence-electron chi connectivity index (χ4n) is 2.15. The van der Waals surface area contributed by atoms with Gasteiger partial charge in [-0.1, -0.05) is 58.3 Å². The van der Waals surface area contributed by atoms with Crippen molar-refractivity contribution in [2.45, 2.75) is 84.0 Å². The molecular formula is C16H32KNO3. The van der Waals surface area contributed by atoms with Gasteiger partial charge in [0.1, 0.15) is 0 Å². The minimum absolute atomic E-state index is 0. The molecule has 0 aliphatic rings. The van der Waals surface area contributed by atoms with Crippen molar-refractivity contribution in [1.82, 2.24) is 5.32 Å². The molecule has 0 aliphatic heterocycles. The molecule has 0 rings (SSSR count). The van der Waals surface area contributed by atoms with Crippen molar-refractivity contribution in [2.24, 2.45) is 0 Å². The van der Waals surface area contributed by atoms with Crippen LogP contribution in [0.1, 0.15) is 84.0 Å². The van der Waals surface area contributed by atoms with E-state index in [0.29, 0.717) is 19.4 Å². The molecule has 0 fully saturated rings. The second-order valence-corrected chi connectivity index (χ2v) is 5.43. The Hall–Kier alpha value is 0.576. The van der Waals surface area contributed by atoms with Crippen LogP contribution in [-0.4, -0.2) is 74.9 Å². The van der Waals surface area contributed by atoms with Crippen molar-refractivity contribution in [3.05, 3.63) is 0 Å². The Bertz CT molecular complexity index is 260. The molecule has 0 atom stereocenters. The van der Waals surface area contributed by atoms with Gasteiger partial charge >= 0.3 is 57.4 Å². The number of carbonyl (C=O) groups excluding carboxylic acids is 1. The molecule has 0 unspecified atom stereocenters. The maximum atomic E-state index is 11.4. The second-order valence-electron chi connectivity index (χ2n) is 5.43. The van der Waals surface area contributed by atoms with Crippen LogP contribution in [0.5, 0.6) is 0 Å². The summed E-state index contributed by atoms with van der Waals surface area (Å²) in [6.07, 6.45) is 12.4. The number of rotatable bonds is 14. The summed E-state index contributed by atoms with van der Waals surface area (Å²) in [6.45, 7) is 2.70. The summed E-state index contributed by atoms with van der Waals surface area (Å²) in [5.74, 6) is -0.753. The van der Waals surface area contributed by atoms with E-state index in [0.717, 1.165) is 12.8 Å².